The molecule has 5 rings (SSSR count). The van der Waals surface area contributed by atoms with Crippen LogP contribution >= 0.6 is 22.9 Å². The van der Waals surface area contributed by atoms with Crippen molar-refractivity contribution < 1.29 is 4.79 Å². The number of aromatic amines is 1. The van der Waals surface area contributed by atoms with Crippen LogP contribution in [0.5, 0.6) is 0 Å². The number of primary amides is 1. The lowest BCUT2D eigenvalue weighted by molar-refractivity contribution is 0.100. The van der Waals surface area contributed by atoms with Gasteiger partial charge < -0.3 is 11.5 Å². The second kappa shape index (κ2) is 5.83. The first-order valence-corrected chi connectivity index (χ1v) is 9.98. The number of aryl methyl sites for hydroxylation is 1. The Morgan fingerprint density at radius 3 is 2.82 bits per heavy atom. The number of fused-ring (bicyclic) bond motifs is 2. The number of nitrogens with zero attached hydrogens (tertiary/aromatic N) is 2. The number of aromatic nitrogens is 3. The number of carbonyl (C=O) groups is 1. The number of nitrogens with two attached hydrogens (primary N) is 2. The number of benzene rings is 1. The number of nitrogen functional groups attached to an aromatic ring is 1. The summed E-state index contributed by atoms with van der Waals surface area (Å²) in [5.74, 6) is -0.243. The van der Waals surface area contributed by atoms with Gasteiger partial charge in [0.15, 0.2) is 0 Å². The van der Waals surface area contributed by atoms with Gasteiger partial charge in [-0.1, -0.05) is 11.6 Å². The summed E-state index contributed by atoms with van der Waals surface area (Å²) in [4.78, 5) is 27.0. The van der Waals surface area contributed by atoms with E-state index in [1.54, 1.807) is 18.3 Å². The van der Waals surface area contributed by atoms with Crippen LogP contribution in [-0.2, 0) is 0 Å². The van der Waals surface area contributed by atoms with Crippen molar-refractivity contribution in [1.29, 1.82) is 0 Å². The fourth-order valence-electron chi connectivity index (χ4n) is 3.81. The number of hydrogen-bond donors (Lipinski definition) is 3. The number of pyridine rings is 1. The van der Waals surface area contributed by atoms with Gasteiger partial charge >= 0.3 is 0 Å². The Hall–Kier alpha value is -2.84. The van der Waals surface area contributed by atoms with Gasteiger partial charge in [0.1, 0.15) is 5.82 Å². The van der Waals surface area contributed by atoms with Crippen LogP contribution in [0, 0.1) is 6.92 Å². The van der Waals surface area contributed by atoms with Gasteiger partial charge in [-0.05, 0) is 43.4 Å². The largest absolute Gasteiger partial charge is 0.384 e. The topological polar surface area (TPSA) is 120 Å². The van der Waals surface area contributed by atoms with Crippen LogP contribution in [0.2, 0.25) is 5.02 Å². The lowest BCUT2D eigenvalue weighted by atomic mass is 10.1. The molecule has 1 amide bonds. The first-order valence-electron chi connectivity index (χ1n) is 8.79. The molecule has 7 nitrogen and oxygen atoms in total. The monoisotopic (exact) mass is 413 g/mol. The third-order valence-electron chi connectivity index (χ3n) is 5.29. The number of amides is 1. The smallest absolute Gasteiger partial charge is 0.265 e. The molecule has 0 aliphatic heterocycles. The maximum atomic E-state index is 13.6. The summed E-state index contributed by atoms with van der Waals surface area (Å²) >= 11 is 7.90. The van der Waals surface area contributed by atoms with Gasteiger partial charge in [0.2, 0.25) is 0 Å². The van der Waals surface area contributed by atoms with Gasteiger partial charge in [0, 0.05) is 10.3 Å². The van der Waals surface area contributed by atoms with Crippen molar-refractivity contribution in [2.24, 2.45) is 5.73 Å². The van der Waals surface area contributed by atoms with Crippen LogP contribution in [0.1, 0.15) is 39.6 Å². The lowest BCUT2D eigenvalue weighted by Crippen LogP contribution is -2.27. The lowest BCUT2D eigenvalue weighted by Gasteiger charge is -2.15. The van der Waals surface area contributed by atoms with E-state index in [0.29, 0.717) is 37.6 Å². The minimum absolute atomic E-state index is 0.0100. The van der Waals surface area contributed by atoms with Gasteiger partial charge in [-0.25, -0.2) is 0 Å². The van der Waals surface area contributed by atoms with E-state index >= 15 is 0 Å². The molecule has 1 fully saturated rings. The van der Waals surface area contributed by atoms with Crippen molar-refractivity contribution in [1.82, 2.24) is 14.8 Å². The minimum atomic E-state index is -0.671. The van der Waals surface area contributed by atoms with Crippen molar-refractivity contribution in [2.75, 3.05) is 5.73 Å². The highest BCUT2D eigenvalue weighted by atomic mass is 35.5. The molecule has 9 heteroatoms. The molecule has 4 aromatic rings. The molecule has 1 aliphatic carbocycles. The van der Waals surface area contributed by atoms with Crippen LogP contribution in [0.15, 0.2) is 23.1 Å². The predicted octanol–water partition coefficient (Wildman–Crippen LogP) is 3.45. The number of rotatable bonds is 3. The molecule has 0 bridgehead atoms. The zero-order valence-corrected chi connectivity index (χ0v) is 16.4. The van der Waals surface area contributed by atoms with Crippen molar-refractivity contribution in [2.45, 2.75) is 25.7 Å². The predicted molar refractivity (Wildman–Crippen MR) is 112 cm³/mol. The van der Waals surface area contributed by atoms with Crippen molar-refractivity contribution in [3.63, 3.8) is 0 Å². The number of thiophene rings is 1. The quantitative estimate of drug-likeness (QED) is 0.476. The maximum Gasteiger partial charge on any atom is 0.265 e. The van der Waals surface area contributed by atoms with E-state index in [1.807, 2.05) is 6.92 Å². The molecular formula is C19H16ClN5O2S. The van der Waals surface area contributed by atoms with Crippen LogP contribution < -0.4 is 17.0 Å². The molecule has 3 heterocycles. The number of carbonyl (C=O) groups excluding carboxylic acids is 1. The summed E-state index contributed by atoms with van der Waals surface area (Å²) in [5.41, 5.74) is 13.8. The number of nitrogens with one attached hydrogen (secondary N) is 1. The molecular weight excluding hydrogens is 398 g/mol. The summed E-state index contributed by atoms with van der Waals surface area (Å²) in [6.45, 7) is 1.92. The summed E-state index contributed by atoms with van der Waals surface area (Å²) in [6, 6.07) is 3.43. The Morgan fingerprint density at radius 2 is 2.14 bits per heavy atom. The molecule has 3 aromatic heterocycles. The average molecular weight is 414 g/mol. The van der Waals surface area contributed by atoms with E-state index in [4.69, 9.17) is 23.1 Å². The molecule has 0 radical (unpaired) electrons. The Morgan fingerprint density at radius 1 is 1.39 bits per heavy atom. The minimum Gasteiger partial charge on any atom is -0.384 e. The normalized spacial score (nSPS) is 14.2. The van der Waals surface area contributed by atoms with E-state index in [-0.39, 0.29) is 16.9 Å². The van der Waals surface area contributed by atoms with Crippen LogP contribution in [0.3, 0.4) is 0 Å². The van der Waals surface area contributed by atoms with Crippen LogP contribution in [-0.4, -0.2) is 20.7 Å². The number of anilines is 1. The fourth-order valence-corrected chi connectivity index (χ4v) is 5.59. The van der Waals surface area contributed by atoms with Gasteiger partial charge in [-0.3, -0.25) is 19.3 Å². The second-order valence-corrected chi connectivity index (χ2v) is 8.52. The third-order valence-corrected chi connectivity index (χ3v) is 7.07. The maximum absolute atomic E-state index is 13.6. The first kappa shape index (κ1) is 17.3. The molecule has 0 unspecified atom stereocenters. The Kier molecular flexibility index (Phi) is 3.59. The molecule has 1 saturated carbocycles. The number of halogens is 1. The average Bonchev–Trinajstić information content (AvgIpc) is 3.27. The molecule has 1 aromatic carbocycles. The number of H-pyrrole nitrogens is 1. The first-order chi connectivity index (χ1) is 13.4. The van der Waals surface area contributed by atoms with Crippen molar-refractivity contribution in [3.05, 3.63) is 49.7 Å². The highest BCUT2D eigenvalue weighted by molar-refractivity contribution is 7.19. The summed E-state index contributed by atoms with van der Waals surface area (Å²) in [7, 11) is 0. The molecule has 142 valence electrons. The van der Waals surface area contributed by atoms with Crippen LogP contribution in [0.25, 0.3) is 26.7 Å². The Labute approximate surface area is 167 Å². The summed E-state index contributed by atoms with van der Waals surface area (Å²) in [5, 5.41) is 8.32. The summed E-state index contributed by atoms with van der Waals surface area (Å²) in [6.07, 6.45) is 3.75. The van der Waals surface area contributed by atoms with E-state index in [9.17, 15) is 9.59 Å². The zero-order chi connectivity index (χ0) is 19.7. The molecule has 5 N–H and O–H groups in total. The SMILES string of the molecule is Cc1c(C2CC2)sc2c(C(N)=O)c(N)n(-c3c(Cl)ccc4[nH]ncc34)c(=O)c12. The second-order valence-electron chi connectivity index (χ2n) is 7.06. The van der Waals surface area contributed by atoms with Crippen molar-refractivity contribution >= 4 is 55.7 Å². The van der Waals surface area contributed by atoms with E-state index < -0.39 is 5.91 Å². The molecule has 0 atom stereocenters. The summed E-state index contributed by atoms with van der Waals surface area (Å²) < 4.78 is 1.85. The van der Waals surface area contributed by atoms with Gasteiger partial charge in [0.05, 0.1) is 38.1 Å². The fraction of sp³-hybridized carbons (Fsp3) is 0.211. The molecule has 28 heavy (non-hydrogen) atoms. The van der Waals surface area contributed by atoms with Gasteiger partial charge in [-0.2, -0.15) is 5.10 Å². The molecule has 0 saturated heterocycles. The van der Waals surface area contributed by atoms with E-state index in [0.717, 1.165) is 23.3 Å². The molecule has 0 spiro atoms. The van der Waals surface area contributed by atoms with Crippen LogP contribution in [0.4, 0.5) is 5.82 Å². The number of hydrogen-bond acceptors (Lipinski definition) is 5. The van der Waals surface area contributed by atoms with Gasteiger partial charge in [0.25, 0.3) is 11.5 Å². The highest BCUT2D eigenvalue weighted by Crippen LogP contribution is 2.48. The van der Waals surface area contributed by atoms with Crippen molar-refractivity contribution in [3.8, 4) is 5.69 Å². The highest BCUT2D eigenvalue weighted by Gasteiger charge is 2.32. The van der Waals surface area contributed by atoms with E-state index in [1.165, 1.54) is 15.9 Å². The standard InChI is InChI=1S/C19H16ClN5O2S/c1-7-12-16(28-15(7)8-2-3-8)13(18(22)26)17(21)25(19(12)27)14-9-6-23-24-11(9)5-4-10(14)20/h4-6,8H,2-3,21H2,1H3,(H2,22,26)(H,23,24). The Balaban J connectivity index is 1.99. The van der Waals surface area contributed by atoms with E-state index in [2.05, 4.69) is 10.2 Å². The third kappa shape index (κ3) is 2.25. The Bertz CT molecular complexity index is 1360. The van der Waals surface area contributed by atoms with Gasteiger partial charge in [-0.15, -0.1) is 11.3 Å². The molecule has 1 aliphatic rings. The zero-order valence-electron chi connectivity index (χ0n) is 14.9.